The van der Waals surface area contributed by atoms with Gasteiger partial charge in [-0.2, -0.15) is 0 Å². The van der Waals surface area contributed by atoms with Crippen LogP contribution in [0, 0.1) is 5.82 Å². The molecule has 0 bridgehead atoms. The zero-order valence-corrected chi connectivity index (χ0v) is 16.8. The number of benzene rings is 2. The van der Waals surface area contributed by atoms with Gasteiger partial charge in [0.1, 0.15) is 17.3 Å². The number of furan rings is 1. The topological polar surface area (TPSA) is 42.7 Å². The fourth-order valence-corrected chi connectivity index (χ4v) is 3.41. The third-order valence-electron chi connectivity index (χ3n) is 5.03. The van der Waals surface area contributed by atoms with Crippen LogP contribution in [-0.4, -0.2) is 24.5 Å². The molecule has 29 heavy (non-hydrogen) atoms. The molecule has 1 aromatic heterocycles. The second-order valence-corrected chi connectivity index (χ2v) is 6.93. The fraction of sp³-hybridized carbons (Fsp3) is 0.292. The lowest BCUT2D eigenvalue weighted by Gasteiger charge is -2.25. The van der Waals surface area contributed by atoms with Crippen LogP contribution in [0.4, 0.5) is 4.39 Å². The average molecular weight is 395 g/mol. The Kier molecular flexibility index (Phi) is 7.06. The summed E-state index contributed by atoms with van der Waals surface area (Å²) < 4.78 is 24.2. The van der Waals surface area contributed by atoms with E-state index in [2.05, 4.69) is 0 Å². The van der Waals surface area contributed by atoms with E-state index in [9.17, 15) is 9.18 Å². The van der Waals surface area contributed by atoms with Crippen LogP contribution >= 0.6 is 0 Å². The molecule has 3 aromatic rings. The Bertz CT molecular complexity index is 889. The Morgan fingerprint density at radius 3 is 2.41 bits per heavy atom. The minimum Gasteiger partial charge on any atom is -0.497 e. The molecule has 0 aliphatic carbocycles. The smallest absolute Gasteiger partial charge is 0.222 e. The maximum Gasteiger partial charge on any atom is 0.222 e. The van der Waals surface area contributed by atoms with E-state index in [-0.39, 0.29) is 17.6 Å². The first kappa shape index (κ1) is 20.6. The highest BCUT2D eigenvalue weighted by Gasteiger charge is 2.20. The Morgan fingerprint density at radius 2 is 1.83 bits per heavy atom. The molecular formula is C24H26FNO3. The summed E-state index contributed by atoms with van der Waals surface area (Å²) in [6, 6.07) is 18.0. The van der Waals surface area contributed by atoms with Crippen molar-refractivity contribution < 1.29 is 18.3 Å². The van der Waals surface area contributed by atoms with Crippen molar-refractivity contribution in [2.24, 2.45) is 0 Å². The van der Waals surface area contributed by atoms with Crippen molar-refractivity contribution in [1.82, 2.24) is 4.90 Å². The van der Waals surface area contributed by atoms with Gasteiger partial charge in [0.25, 0.3) is 0 Å². The van der Waals surface area contributed by atoms with Gasteiger partial charge < -0.3 is 14.1 Å². The molecule has 2 aromatic carbocycles. The SMILES string of the molecule is CCC(=O)N(CC[C@H](c1ccc(F)cc1)c1ccco1)Cc1ccc(OC)cc1. The number of carbonyl (C=O) groups is 1. The van der Waals surface area contributed by atoms with Crippen LogP contribution in [0.15, 0.2) is 71.3 Å². The summed E-state index contributed by atoms with van der Waals surface area (Å²) in [5.74, 6) is 1.38. The van der Waals surface area contributed by atoms with E-state index in [0.29, 0.717) is 25.9 Å². The van der Waals surface area contributed by atoms with Gasteiger partial charge in [-0.15, -0.1) is 0 Å². The van der Waals surface area contributed by atoms with Crippen molar-refractivity contribution in [3.63, 3.8) is 0 Å². The number of amides is 1. The number of hydrogen-bond donors (Lipinski definition) is 0. The third-order valence-corrected chi connectivity index (χ3v) is 5.03. The van der Waals surface area contributed by atoms with Crippen LogP contribution in [0.25, 0.3) is 0 Å². The molecule has 0 spiro atoms. The Morgan fingerprint density at radius 1 is 1.10 bits per heavy atom. The second-order valence-electron chi connectivity index (χ2n) is 6.93. The lowest BCUT2D eigenvalue weighted by atomic mass is 9.93. The summed E-state index contributed by atoms with van der Waals surface area (Å²) in [6.45, 7) is 2.97. The van der Waals surface area contributed by atoms with Crippen LogP contribution in [-0.2, 0) is 11.3 Å². The van der Waals surface area contributed by atoms with E-state index in [0.717, 1.165) is 22.6 Å². The minimum atomic E-state index is -0.269. The molecule has 1 atom stereocenters. The molecule has 4 nitrogen and oxygen atoms in total. The van der Waals surface area contributed by atoms with E-state index in [4.69, 9.17) is 9.15 Å². The molecular weight excluding hydrogens is 369 g/mol. The zero-order chi connectivity index (χ0) is 20.6. The normalized spacial score (nSPS) is 11.8. The molecule has 0 saturated heterocycles. The summed E-state index contributed by atoms with van der Waals surface area (Å²) in [6.07, 6.45) is 2.76. The van der Waals surface area contributed by atoms with E-state index >= 15 is 0 Å². The molecule has 0 saturated carbocycles. The molecule has 0 unspecified atom stereocenters. The maximum absolute atomic E-state index is 13.4. The summed E-state index contributed by atoms with van der Waals surface area (Å²) in [4.78, 5) is 14.4. The largest absolute Gasteiger partial charge is 0.497 e. The maximum atomic E-state index is 13.4. The Labute approximate surface area is 170 Å². The molecule has 0 aliphatic heterocycles. The van der Waals surface area contributed by atoms with Gasteiger partial charge in [-0.05, 0) is 53.9 Å². The molecule has 0 fully saturated rings. The van der Waals surface area contributed by atoms with Crippen molar-refractivity contribution in [2.45, 2.75) is 32.2 Å². The fourth-order valence-electron chi connectivity index (χ4n) is 3.41. The van der Waals surface area contributed by atoms with Crippen LogP contribution < -0.4 is 4.74 Å². The van der Waals surface area contributed by atoms with Gasteiger partial charge >= 0.3 is 0 Å². The van der Waals surface area contributed by atoms with Crippen molar-refractivity contribution >= 4 is 5.91 Å². The average Bonchev–Trinajstić information content (AvgIpc) is 3.28. The second kappa shape index (κ2) is 9.92. The van der Waals surface area contributed by atoms with Crippen molar-refractivity contribution in [3.8, 4) is 5.75 Å². The minimum absolute atomic E-state index is 0.0476. The predicted molar refractivity (Wildman–Crippen MR) is 110 cm³/mol. The first-order chi connectivity index (χ1) is 14.1. The number of carbonyl (C=O) groups excluding carboxylic acids is 1. The number of ether oxygens (including phenoxy) is 1. The Hall–Kier alpha value is -3.08. The van der Waals surface area contributed by atoms with Crippen molar-refractivity contribution in [1.29, 1.82) is 0 Å². The summed E-state index contributed by atoms with van der Waals surface area (Å²) in [5, 5.41) is 0. The van der Waals surface area contributed by atoms with Crippen molar-refractivity contribution in [3.05, 3.63) is 89.6 Å². The number of methoxy groups -OCH3 is 1. The van der Waals surface area contributed by atoms with Gasteiger partial charge in [-0.1, -0.05) is 31.2 Å². The molecule has 5 heteroatoms. The van der Waals surface area contributed by atoms with E-state index in [1.54, 1.807) is 25.5 Å². The van der Waals surface area contributed by atoms with Gasteiger partial charge in [-0.25, -0.2) is 4.39 Å². The molecule has 0 radical (unpaired) electrons. The van der Waals surface area contributed by atoms with Crippen molar-refractivity contribution in [2.75, 3.05) is 13.7 Å². The molecule has 1 heterocycles. The highest BCUT2D eigenvalue weighted by atomic mass is 19.1. The zero-order valence-electron chi connectivity index (χ0n) is 16.8. The number of rotatable bonds is 9. The predicted octanol–water partition coefficient (Wildman–Crippen LogP) is 5.39. The molecule has 0 aliphatic rings. The van der Waals surface area contributed by atoms with Crippen LogP contribution in [0.3, 0.4) is 0 Å². The first-order valence-electron chi connectivity index (χ1n) is 9.80. The van der Waals surface area contributed by atoms with Crippen LogP contribution in [0.1, 0.15) is 42.6 Å². The number of nitrogens with zero attached hydrogens (tertiary/aromatic N) is 1. The van der Waals surface area contributed by atoms with Gasteiger partial charge in [-0.3, -0.25) is 4.79 Å². The number of halogens is 1. The van der Waals surface area contributed by atoms with Gasteiger partial charge in [0.2, 0.25) is 5.91 Å². The summed E-state index contributed by atoms with van der Waals surface area (Å²) in [7, 11) is 1.63. The van der Waals surface area contributed by atoms with Gasteiger partial charge in [0.15, 0.2) is 0 Å². The molecule has 152 valence electrons. The van der Waals surface area contributed by atoms with E-state index in [1.807, 2.05) is 48.2 Å². The number of hydrogen-bond acceptors (Lipinski definition) is 3. The first-order valence-corrected chi connectivity index (χ1v) is 9.80. The molecule has 1 amide bonds. The Balaban J connectivity index is 1.76. The van der Waals surface area contributed by atoms with Gasteiger partial charge in [0.05, 0.1) is 13.4 Å². The summed E-state index contributed by atoms with van der Waals surface area (Å²) >= 11 is 0. The van der Waals surface area contributed by atoms with Gasteiger partial charge in [0, 0.05) is 25.4 Å². The molecule has 0 N–H and O–H groups in total. The third kappa shape index (κ3) is 5.47. The quantitative estimate of drug-likeness (QED) is 0.488. The highest BCUT2D eigenvalue weighted by molar-refractivity contribution is 5.75. The van der Waals surface area contributed by atoms with E-state index in [1.165, 1.54) is 12.1 Å². The summed E-state index contributed by atoms with van der Waals surface area (Å²) in [5.41, 5.74) is 2.01. The van der Waals surface area contributed by atoms with Crippen LogP contribution in [0.5, 0.6) is 5.75 Å². The lowest BCUT2D eigenvalue weighted by Crippen LogP contribution is -2.31. The monoisotopic (exact) mass is 395 g/mol. The molecule has 3 rings (SSSR count). The standard InChI is InChI=1S/C24H26FNO3/c1-3-24(27)26(17-18-6-12-21(28-2)13-7-18)15-14-22(23-5-4-16-29-23)19-8-10-20(25)11-9-19/h4-13,16,22H,3,14-15,17H2,1-2H3/t22-/m1/s1. The van der Waals surface area contributed by atoms with E-state index < -0.39 is 0 Å². The highest BCUT2D eigenvalue weighted by Crippen LogP contribution is 2.29. The van der Waals surface area contributed by atoms with Crippen LogP contribution in [0.2, 0.25) is 0 Å². The lowest BCUT2D eigenvalue weighted by molar-refractivity contribution is -0.131.